The van der Waals surface area contributed by atoms with E-state index >= 15 is 0 Å². The van der Waals surface area contributed by atoms with Crippen LogP contribution in [0.2, 0.25) is 0 Å². The minimum atomic E-state index is 0.842. The van der Waals surface area contributed by atoms with E-state index in [1.165, 1.54) is 43.2 Å². The molecule has 4 nitrogen and oxygen atoms in total. The number of hydrogen-bond donors (Lipinski definition) is 0. The molecular weight excluding hydrogens is 533 g/mol. The number of hydrogen-bond acceptors (Lipinski definition) is 4. The number of fused-ring (bicyclic) bond motifs is 4. The van der Waals surface area contributed by atoms with Crippen LogP contribution in [0.15, 0.2) is 149 Å². The van der Waals surface area contributed by atoms with Crippen LogP contribution >= 0.6 is 11.8 Å². The van der Waals surface area contributed by atoms with Gasteiger partial charge < -0.3 is 9.80 Å². The van der Waals surface area contributed by atoms with Crippen molar-refractivity contribution in [3.63, 3.8) is 0 Å². The van der Waals surface area contributed by atoms with Crippen LogP contribution in [0.25, 0.3) is 38.8 Å². The summed E-state index contributed by atoms with van der Waals surface area (Å²) in [6.07, 6.45) is 1.91. The third-order valence-electron chi connectivity index (χ3n) is 8.03. The number of pyridine rings is 1. The third-order valence-corrected chi connectivity index (χ3v) is 9.01. The number of rotatable bonds is 5. The first-order chi connectivity index (χ1) is 20.7. The fourth-order valence-electron chi connectivity index (χ4n) is 6.06. The lowest BCUT2D eigenvalue weighted by Gasteiger charge is -2.20. The number of nitrogens with zero attached hydrogens (tertiary/aromatic N) is 4. The SMILES string of the molecule is CN1CN(c2cccc(Sc3ccc4c5ccccc5n(-c5cc(-c6ccccc6)ccn5)c4c3)c2)c2ccccc21. The molecule has 0 saturated heterocycles. The number of aromatic nitrogens is 2. The van der Waals surface area contributed by atoms with E-state index in [2.05, 4.69) is 155 Å². The lowest BCUT2D eigenvalue weighted by atomic mass is 10.1. The highest BCUT2D eigenvalue weighted by Gasteiger charge is 2.24. The van der Waals surface area contributed by atoms with Crippen LogP contribution < -0.4 is 9.80 Å². The van der Waals surface area contributed by atoms with Gasteiger partial charge in [0.25, 0.3) is 0 Å². The molecule has 0 fully saturated rings. The molecule has 3 heterocycles. The van der Waals surface area contributed by atoms with Gasteiger partial charge in [-0.15, -0.1) is 0 Å². The zero-order chi connectivity index (χ0) is 28.0. The third kappa shape index (κ3) is 4.21. The highest BCUT2D eigenvalue weighted by Crippen LogP contribution is 2.42. The van der Waals surface area contributed by atoms with Crippen molar-refractivity contribution >= 4 is 50.6 Å². The molecule has 0 unspecified atom stereocenters. The van der Waals surface area contributed by atoms with Crippen molar-refractivity contribution in [2.45, 2.75) is 9.79 Å². The molecule has 0 radical (unpaired) electrons. The lowest BCUT2D eigenvalue weighted by Crippen LogP contribution is -2.23. The second-order valence-corrected chi connectivity index (χ2v) is 11.8. The van der Waals surface area contributed by atoms with Gasteiger partial charge in [0.2, 0.25) is 0 Å². The molecule has 0 bridgehead atoms. The monoisotopic (exact) mass is 560 g/mol. The average Bonchev–Trinajstić information content (AvgIpc) is 3.56. The van der Waals surface area contributed by atoms with Crippen LogP contribution in [0.4, 0.5) is 17.1 Å². The summed E-state index contributed by atoms with van der Waals surface area (Å²) in [6.45, 7) is 0.842. The van der Waals surface area contributed by atoms with Gasteiger partial charge in [-0.2, -0.15) is 0 Å². The average molecular weight is 561 g/mol. The Morgan fingerprint density at radius 3 is 2.26 bits per heavy atom. The highest BCUT2D eigenvalue weighted by molar-refractivity contribution is 7.99. The molecule has 0 saturated carbocycles. The molecule has 0 aliphatic carbocycles. The normalized spacial score (nSPS) is 12.8. The fourth-order valence-corrected chi connectivity index (χ4v) is 6.97. The van der Waals surface area contributed by atoms with Crippen LogP contribution in [0.3, 0.4) is 0 Å². The van der Waals surface area contributed by atoms with Crippen LogP contribution in [0.1, 0.15) is 0 Å². The molecule has 0 amide bonds. The maximum atomic E-state index is 4.85. The summed E-state index contributed by atoms with van der Waals surface area (Å²) in [6, 6.07) is 47.6. The summed E-state index contributed by atoms with van der Waals surface area (Å²) >= 11 is 1.80. The molecule has 202 valence electrons. The van der Waals surface area contributed by atoms with Gasteiger partial charge in [-0.3, -0.25) is 4.57 Å². The van der Waals surface area contributed by atoms with Crippen molar-refractivity contribution in [1.82, 2.24) is 9.55 Å². The second-order valence-electron chi connectivity index (χ2n) is 10.7. The Hall–Kier alpha value is -5.00. The van der Waals surface area contributed by atoms with E-state index in [4.69, 9.17) is 4.98 Å². The first kappa shape index (κ1) is 24.8. The summed E-state index contributed by atoms with van der Waals surface area (Å²) in [5.74, 6) is 0.920. The Kier molecular flexibility index (Phi) is 5.97. The van der Waals surface area contributed by atoms with Crippen molar-refractivity contribution in [3.05, 3.63) is 140 Å². The summed E-state index contributed by atoms with van der Waals surface area (Å²) in [7, 11) is 2.15. The van der Waals surface area contributed by atoms with Gasteiger partial charge in [-0.05, 0) is 71.8 Å². The van der Waals surface area contributed by atoms with Gasteiger partial charge in [0.05, 0.1) is 29.1 Å². The first-order valence-electron chi connectivity index (χ1n) is 14.1. The summed E-state index contributed by atoms with van der Waals surface area (Å²) in [5, 5.41) is 2.46. The smallest absolute Gasteiger partial charge is 0.138 e. The predicted octanol–water partition coefficient (Wildman–Crippen LogP) is 9.54. The Balaban J connectivity index is 1.20. The van der Waals surface area contributed by atoms with Crippen molar-refractivity contribution in [2.75, 3.05) is 23.5 Å². The second kappa shape index (κ2) is 10.1. The summed E-state index contributed by atoms with van der Waals surface area (Å²) in [5.41, 5.74) is 8.37. The molecule has 5 aromatic carbocycles. The van der Waals surface area contributed by atoms with Gasteiger partial charge in [0, 0.05) is 39.5 Å². The van der Waals surface area contributed by atoms with E-state index in [0.29, 0.717) is 0 Å². The molecule has 2 aromatic heterocycles. The van der Waals surface area contributed by atoms with Gasteiger partial charge in [-0.1, -0.05) is 84.6 Å². The van der Waals surface area contributed by atoms with E-state index in [0.717, 1.165) is 29.1 Å². The molecular formula is C37H28N4S. The van der Waals surface area contributed by atoms with Crippen molar-refractivity contribution < 1.29 is 0 Å². The quantitative estimate of drug-likeness (QED) is 0.209. The van der Waals surface area contributed by atoms with Gasteiger partial charge in [0.1, 0.15) is 5.82 Å². The van der Waals surface area contributed by atoms with E-state index < -0.39 is 0 Å². The highest BCUT2D eigenvalue weighted by atomic mass is 32.2. The fraction of sp³-hybridized carbons (Fsp3) is 0.0541. The molecule has 7 aromatic rings. The molecule has 5 heteroatoms. The van der Waals surface area contributed by atoms with E-state index in [9.17, 15) is 0 Å². The van der Waals surface area contributed by atoms with Crippen LogP contribution in [0.5, 0.6) is 0 Å². The largest absolute Gasteiger partial charge is 0.355 e. The predicted molar refractivity (Wildman–Crippen MR) is 176 cm³/mol. The van der Waals surface area contributed by atoms with E-state index in [1.807, 2.05) is 6.20 Å². The van der Waals surface area contributed by atoms with E-state index in [-0.39, 0.29) is 0 Å². The molecule has 42 heavy (non-hydrogen) atoms. The van der Waals surface area contributed by atoms with Crippen LogP contribution in [0, 0.1) is 0 Å². The molecule has 0 atom stereocenters. The summed E-state index contributed by atoms with van der Waals surface area (Å²) in [4.78, 5) is 11.9. The van der Waals surface area contributed by atoms with Crippen molar-refractivity contribution in [1.29, 1.82) is 0 Å². The molecule has 1 aliphatic rings. The van der Waals surface area contributed by atoms with Gasteiger partial charge in [0.15, 0.2) is 0 Å². The van der Waals surface area contributed by atoms with E-state index in [1.54, 1.807) is 11.8 Å². The van der Waals surface area contributed by atoms with Crippen molar-refractivity contribution in [2.24, 2.45) is 0 Å². The topological polar surface area (TPSA) is 24.3 Å². The standard InChI is InChI=1S/C37H28N4S/c1-39-25-40(35-17-8-7-16-34(35)39)28-12-9-13-29(23-28)42-30-18-19-32-31-14-5-6-15-33(31)41(36(32)24-30)37-22-27(20-21-38-37)26-10-3-2-4-11-26/h2-24H,25H2,1H3. The maximum absolute atomic E-state index is 4.85. The Morgan fingerprint density at radius 1 is 0.595 bits per heavy atom. The zero-order valence-electron chi connectivity index (χ0n) is 23.2. The number of para-hydroxylation sites is 3. The van der Waals surface area contributed by atoms with Gasteiger partial charge >= 0.3 is 0 Å². The van der Waals surface area contributed by atoms with Gasteiger partial charge in [-0.25, -0.2) is 4.98 Å². The number of benzene rings is 5. The maximum Gasteiger partial charge on any atom is 0.138 e. The molecule has 0 N–H and O–H groups in total. The minimum absolute atomic E-state index is 0.842. The minimum Gasteiger partial charge on any atom is -0.355 e. The number of anilines is 3. The van der Waals surface area contributed by atoms with Crippen LogP contribution in [-0.4, -0.2) is 23.3 Å². The van der Waals surface area contributed by atoms with Crippen molar-refractivity contribution in [3.8, 4) is 16.9 Å². The first-order valence-corrected chi connectivity index (χ1v) is 15.0. The Morgan fingerprint density at radius 2 is 1.36 bits per heavy atom. The lowest BCUT2D eigenvalue weighted by molar-refractivity contribution is 0.948. The Bertz CT molecular complexity index is 2080. The zero-order valence-corrected chi connectivity index (χ0v) is 24.0. The van der Waals surface area contributed by atoms with Crippen LogP contribution in [-0.2, 0) is 0 Å². The Labute approximate surface area is 249 Å². The summed E-state index contributed by atoms with van der Waals surface area (Å²) < 4.78 is 2.30. The molecule has 8 rings (SSSR count). The molecule has 1 aliphatic heterocycles. The molecule has 0 spiro atoms.